The summed E-state index contributed by atoms with van der Waals surface area (Å²) in [6, 6.07) is 5.44. The lowest BCUT2D eigenvalue weighted by molar-refractivity contribution is 0.463. The van der Waals surface area contributed by atoms with Crippen molar-refractivity contribution < 1.29 is 8.42 Å². The average Bonchev–Trinajstić information content (AvgIpc) is 2.96. The molecule has 19 heavy (non-hydrogen) atoms. The molecule has 104 valence electrons. The molecular formula is C14H20N2O2S. The highest BCUT2D eigenvalue weighted by molar-refractivity contribution is 7.89. The molecule has 0 aromatic heterocycles. The Bertz CT molecular complexity index is 587. The summed E-state index contributed by atoms with van der Waals surface area (Å²) in [5.74, 6) is 0.872. The molecule has 0 saturated carbocycles. The Kier molecular flexibility index (Phi) is 3.06. The van der Waals surface area contributed by atoms with Crippen molar-refractivity contribution in [2.24, 2.45) is 11.8 Å². The standard InChI is InChI=1S/C14H20N2O2S/c1-10-8-16(9-11(10)2)19(17,18)13-3-4-14-12(7-13)5-6-15-14/h3-4,7,10-11,15H,5-6,8-9H2,1-2H3. The largest absolute Gasteiger partial charge is 0.384 e. The van der Waals surface area contributed by atoms with Gasteiger partial charge < -0.3 is 5.32 Å². The van der Waals surface area contributed by atoms with Gasteiger partial charge in [-0.15, -0.1) is 0 Å². The SMILES string of the molecule is CC1CN(S(=O)(=O)c2ccc3c(c2)CCN3)CC1C. The van der Waals surface area contributed by atoms with Crippen LogP contribution >= 0.6 is 0 Å². The molecule has 2 heterocycles. The highest BCUT2D eigenvalue weighted by atomic mass is 32.2. The van der Waals surface area contributed by atoms with Crippen LogP contribution in [0.1, 0.15) is 19.4 Å². The summed E-state index contributed by atoms with van der Waals surface area (Å²) in [7, 11) is -3.32. The van der Waals surface area contributed by atoms with Gasteiger partial charge in [-0.1, -0.05) is 13.8 Å². The van der Waals surface area contributed by atoms with E-state index in [4.69, 9.17) is 0 Å². The first-order valence-electron chi connectivity index (χ1n) is 6.85. The van der Waals surface area contributed by atoms with Gasteiger partial charge in [0.25, 0.3) is 0 Å². The molecule has 2 aliphatic rings. The van der Waals surface area contributed by atoms with Gasteiger partial charge in [0, 0.05) is 25.3 Å². The van der Waals surface area contributed by atoms with Crippen LogP contribution in [0.2, 0.25) is 0 Å². The maximum atomic E-state index is 12.6. The fraction of sp³-hybridized carbons (Fsp3) is 0.571. The third-order valence-corrected chi connectivity index (χ3v) is 6.21. The van der Waals surface area contributed by atoms with Gasteiger partial charge in [-0.25, -0.2) is 8.42 Å². The van der Waals surface area contributed by atoms with Crippen LogP contribution in [-0.4, -0.2) is 32.4 Å². The summed E-state index contributed by atoms with van der Waals surface area (Å²) in [6.45, 7) is 6.41. The van der Waals surface area contributed by atoms with Gasteiger partial charge >= 0.3 is 0 Å². The summed E-state index contributed by atoms with van der Waals surface area (Å²) in [5.41, 5.74) is 2.18. The smallest absolute Gasteiger partial charge is 0.243 e. The van der Waals surface area contributed by atoms with Gasteiger partial charge in [0.05, 0.1) is 4.90 Å². The molecule has 1 aromatic rings. The normalized spacial score (nSPS) is 27.3. The van der Waals surface area contributed by atoms with E-state index in [1.165, 1.54) is 0 Å². The third kappa shape index (κ3) is 2.15. The van der Waals surface area contributed by atoms with E-state index in [1.54, 1.807) is 10.4 Å². The lowest BCUT2D eigenvalue weighted by atomic mass is 10.0. The van der Waals surface area contributed by atoms with Crippen molar-refractivity contribution in [2.45, 2.75) is 25.2 Å². The van der Waals surface area contributed by atoms with Crippen molar-refractivity contribution in [1.82, 2.24) is 4.31 Å². The zero-order valence-corrected chi connectivity index (χ0v) is 12.2. The monoisotopic (exact) mass is 280 g/mol. The number of hydrogen-bond donors (Lipinski definition) is 1. The summed E-state index contributed by atoms with van der Waals surface area (Å²) < 4.78 is 26.9. The van der Waals surface area contributed by atoms with E-state index in [1.807, 2.05) is 12.1 Å². The Hall–Kier alpha value is -1.07. The Morgan fingerprint density at radius 1 is 1.21 bits per heavy atom. The number of nitrogens with one attached hydrogen (secondary N) is 1. The van der Waals surface area contributed by atoms with Gasteiger partial charge in [0.2, 0.25) is 10.0 Å². The average molecular weight is 280 g/mol. The van der Waals surface area contributed by atoms with Gasteiger partial charge in [0.15, 0.2) is 0 Å². The van der Waals surface area contributed by atoms with E-state index in [-0.39, 0.29) is 0 Å². The van der Waals surface area contributed by atoms with E-state index < -0.39 is 10.0 Å². The zero-order chi connectivity index (χ0) is 13.6. The zero-order valence-electron chi connectivity index (χ0n) is 11.4. The number of nitrogens with zero attached hydrogens (tertiary/aromatic N) is 1. The number of rotatable bonds is 2. The Morgan fingerprint density at radius 2 is 1.89 bits per heavy atom. The quantitative estimate of drug-likeness (QED) is 0.900. The molecule has 0 amide bonds. The number of hydrogen-bond acceptors (Lipinski definition) is 3. The molecule has 0 bridgehead atoms. The topological polar surface area (TPSA) is 49.4 Å². The molecule has 1 aromatic carbocycles. The second-order valence-electron chi connectivity index (χ2n) is 5.77. The Balaban J connectivity index is 1.93. The Morgan fingerprint density at radius 3 is 2.58 bits per heavy atom. The van der Waals surface area contributed by atoms with Crippen LogP contribution in [0.15, 0.2) is 23.1 Å². The molecular weight excluding hydrogens is 260 g/mol. The first-order valence-corrected chi connectivity index (χ1v) is 8.29. The molecule has 1 N–H and O–H groups in total. The summed E-state index contributed by atoms with van der Waals surface area (Å²) >= 11 is 0. The van der Waals surface area contributed by atoms with Crippen molar-refractivity contribution in [3.8, 4) is 0 Å². The van der Waals surface area contributed by atoms with Crippen molar-refractivity contribution in [3.63, 3.8) is 0 Å². The first-order chi connectivity index (χ1) is 8.98. The number of anilines is 1. The Labute approximate surface area is 114 Å². The van der Waals surface area contributed by atoms with Gasteiger partial charge in [-0.2, -0.15) is 4.31 Å². The number of benzene rings is 1. The predicted molar refractivity (Wildman–Crippen MR) is 75.7 cm³/mol. The van der Waals surface area contributed by atoms with Crippen LogP contribution < -0.4 is 5.32 Å². The van der Waals surface area contributed by atoms with E-state index >= 15 is 0 Å². The fourth-order valence-corrected chi connectivity index (χ4v) is 4.56. The van der Waals surface area contributed by atoms with Crippen LogP contribution in [0.4, 0.5) is 5.69 Å². The van der Waals surface area contributed by atoms with Crippen LogP contribution in [0.5, 0.6) is 0 Å². The minimum atomic E-state index is -3.32. The molecule has 1 saturated heterocycles. The van der Waals surface area contributed by atoms with Crippen molar-refractivity contribution >= 4 is 15.7 Å². The van der Waals surface area contributed by atoms with E-state index in [0.29, 0.717) is 29.8 Å². The molecule has 2 unspecified atom stereocenters. The first kappa shape index (κ1) is 12.9. The lowest BCUT2D eigenvalue weighted by Crippen LogP contribution is -2.29. The van der Waals surface area contributed by atoms with Crippen LogP contribution in [-0.2, 0) is 16.4 Å². The number of sulfonamides is 1. The molecule has 1 fully saturated rings. The molecule has 3 rings (SSSR count). The highest BCUT2D eigenvalue weighted by Gasteiger charge is 2.35. The minimum Gasteiger partial charge on any atom is -0.384 e. The second-order valence-corrected chi connectivity index (χ2v) is 7.71. The molecule has 5 heteroatoms. The van der Waals surface area contributed by atoms with Gasteiger partial charge in [-0.05, 0) is 42.0 Å². The van der Waals surface area contributed by atoms with Crippen molar-refractivity contribution in [1.29, 1.82) is 0 Å². The van der Waals surface area contributed by atoms with E-state index in [0.717, 1.165) is 24.2 Å². The van der Waals surface area contributed by atoms with Crippen LogP contribution in [0.25, 0.3) is 0 Å². The molecule has 0 spiro atoms. The molecule has 2 atom stereocenters. The highest BCUT2D eigenvalue weighted by Crippen LogP contribution is 2.30. The molecule has 2 aliphatic heterocycles. The third-order valence-electron chi connectivity index (χ3n) is 4.38. The van der Waals surface area contributed by atoms with Crippen LogP contribution in [0.3, 0.4) is 0 Å². The molecule has 0 radical (unpaired) electrons. The number of fused-ring (bicyclic) bond motifs is 1. The minimum absolute atomic E-state index is 0.436. The fourth-order valence-electron chi connectivity index (χ4n) is 2.86. The summed E-state index contributed by atoms with van der Waals surface area (Å²) in [6.07, 6.45) is 0.908. The maximum Gasteiger partial charge on any atom is 0.243 e. The van der Waals surface area contributed by atoms with E-state index in [2.05, 4.69) is 19.2 Å². The molecule has 4 nitrogen and oxygen atoms in total. The van der Waals surface area contributed by atoms with Crippen molar-refractivity contribution in [2.75, 3.05) is 25.0 Å². The summed E-state index contributed by atoms with van der Waals surface area (Å²) in [4.78, 5) is 0.441. The second kappa shape index (κ2) is 4.49. The summed E-state index contributed by atoms with van der Waals surface area (Å²) in [5, 5.41) is 3.25. The van der Waals surface area contributed by atoms with Gasteiger partial charge in [-0.3, -0.25) is 0 Å². The maximum absolute atomic E-state index is 12.6. The van der Waals surface area contributed by atoms with Gasteiger partial charge in [0.1, 0.15) is 0 Å². The van der Waals surface area contributed by atoms with Crippen molar-refractivity contribution in [3.05, 3.63) is 23.8 Å². The molecule has 0 aliphatic carbocycles. The predicted octanol–water partition coefficient (Wildman–Crippen LogP) is 1.93. The van der Waals surface area contributed by atoms with Crippen LogP contribution in [0, 0.1) is 11.8 Å². The lowest BCUT2D eigenvalue weighted by Gasteiger charge is -2.16. The van der Waals surface area contributed by atoms with E-state index in [9.17, 15) is 8.42 Å².